The Balaban J connectivity index is 1.62. The van der Waals surface area contributed by atoms with Crippen molar-refractivity contribution in [2.75, 3.05) is 13.2 Å². The first-order valence-corrected chi connectivity index (χ1v) is 10.1. The zero-order valence-electron chi connectivity index (χ0n) is 16.3. The van der Waals surface area contributed by atoms with Crippen LogP contribution >= 0.6 is 0 Å². The normalized spacial score (nSPS) is 18.7. The van der Waals surface area contributed by atoms with Crippen molar-refractivity contribution in [2.45, 2.75) is 19.3 Å². The lowest BCUT2D eigenvalue weighted by atomic mass is 9.98. The molecule has 1 saturated carbocycles. The van der Waals surface area contributed by atoms with E-state index in [9.17, 15) is 8.78 Å². The standard InChI is InChI=1S/C25H25F2NO/c26-23-7-3-19(4-8-23)21-12-22(20-5-9-24(27)10-6-20)14-25(13-21)29-16-18-2-1-17(11-18)15-28/h3-10,12-14,17-18H,1-2,11,15-16,28H2/t17-,18-/m0/s1. The van der Waals surface area contributed by atoms with Crippen LogP contribution in [0.1, 0.15) is 19.3 Å². The monoisotopic (exact) mass is 393 g/mol. The fourth-order valence-corrected chi connectivity index (χ4v) is 4.06. The van der Waals surface area contributed by atoms with E-state index in [1.54, 1.807) is 24.3 Å². The van der Waals surface area contributed by atoms with Gasteiger partial charge in [-0.05, 0) is 102 Å². The Kier molecular flexibility index (Phi) is 5.91. The molecule has 4 rings (SSSR count). The molecule has 29 heavy (non-hydrogen) atoms. The minimum atomic E-state index is -0.268. The van der Waals surface area contributed by atoms with Crippen LogP contribution < -0.4 is 10.5 Å². The first kappa shape index (κ1) is 19.6. The van der Waals surface area contributed by atoms with Crippen LogP contribution in [0.3, 0.4) is 0 Å². The van der Waals surface area contributed by atoms with Crippen LogP contribution in [0.5, 0.6) is 5.75 Å². The third kappa shape index (κ3) is 4.83. The number of rotatable bonds is 6. The first-order chi connectivity index (χ1) is 14.1. The van der Waals surface area contributed by atoms with Crippen LogP contribution in [0.2, 0.25) is 0 Å². The van der Waals surface area contributed by atoms with Crippen LogP contribution in [0.15, 0.2) is 66.7 Å². The van der Waals surface area contributed by atoms with Gasteiger partial charge in [-0.15, -0.1) is 0 Å². The van der Waals surface area contributed by atoms with Gasteiger partial charge in [0.05, 0.1) is 6.61 Å². The second-order valence-corrected chi connectivity index (χ2v) is 7.85. The van der Waals surface area contributed by atoms with Gasteiger partial charge < -0.3 is 10.5 Å². The number of halogens is 2. The quantitative estimate of drug-likeness (QED) is 0.553. The highest BCUT2D eigenvalue weighted by Crippen LogP contribution is 2.34. The lowest BCUT2D eigenvalue weighted by Crippen LogP contribution is -2.13. The molecule has 0 radical (unpaired) electrons. The maximum atomic E-state index is 13.3. The van der Waals surface area contributed by atoms with Gasteiger partial charge in [0.15, 0.2) is 0 Å². The van der Waals surface area contributed by atoms with Crippen molar-refractivity contribution >= 4 is 0 Å². The van der Waals surface area contributed by atoms with Crippen molar-refractivity contribution < 1.29 is 13.5 Å². The molecule has 0 aromatic heterocycles. The molecule has 0 aliphatic heterocycles. The Labute approximate surface area is 170 Å². The smallest absolute Gasteiger partial charge is 0.123 e. The maximum Gasteiger partial charge on any atom is 0.123 e. The van der Waals surface area contributed by atoms with Crippen molar-refractivity contribution in [3.05, 3.63) is 78.4 Å². The van der Waals surface area contributed by atoms with Gasteiger partial charge in [0, 0.05) is 0 Å². The summed E-state index contributed by atoms with van der Waals surface area (Å²) in [5.41, 5.74) is 9.49. The molecule has 2 N–H and O–H groups in total. The third-order valence-corrected chi connectivity index (χ3v) is 5.73. The minimum absolute atomic E-state index is 0.268. The van der Waals surface area contributed by atoms with Crippen molar-refractivity contribution in [1.82, 2.24) is 0 Å². The summed E-state index contributed by atoms with van der Waals surface area (Å²) in [5, 5.41) is 0. The molecule has 2 atom stereocenters. The van der Waals surface area contributed by atoms with E-state index in [1.807, 2.05) is 18.2 Å². The van der Waals surface area contributed by atoms with E-state index in [0.29, 0.717) is 18.4 Å². The summed E-state index contributed by atoms with van der Waals surface area (Å²) in [5.74, 6) is 1.35. The molecule has 3 aromatic rings. The van der Waals surface area contributed by atoms with Crippen LogP contribution in [0, 0.1) is 23.5 Å². The largest absolute Gasteiger partial charge is 0.493 e. The summed E-state index contributed by atoms with van der Waals surface area (Å²) in [6, 6.07) is 18.8. The lowest BCUT2D eigenvalue weighted by Gasteiger charge is -2.15. The number of hydrogen-bond donors (Lipinski definition) is 1. The van der Waals surface area contributed by atoms with E-state index >= 15 is 0 Å². The molecule has 0 heterocycles. The Morgan fingerprint density at radius 1 is 0.724 bits per heavy atom. The predicted octanol–water partition coefficient (Wildman–Crippen LogP) is 6.05. The molecule has 0 amide bonds. The van der Waals surface area contributed by atoms with Crippen molar-refractivity contribution in [3.63, 3.8) is 0 Å². The highest BCUT2D eigenvalue weighted by Gasteiger charge is 2.24. The summed E-state index contributed by atoms with van der Waals surface area (Å²) < 4.78 is 32.9. The average molecular weight is 393 g/mol. The molecule has 3 aromatic carbocycles. The summed E-state index contributed by atoms with van der Waals surface area (Å²) in [7, 11) is 0. The fraction of sp³-hybridized carbons (Fsp3) is 0.280. The van der Waals surface area contributed by atoms with Crippen molar-refractivity contribution in [2.24, 2.45) is 17.6 Å². The highest BCUT2D eigenvalue weighted by atomic mass is 19.1. The molecular weight excluding hydrogens is 368 g/mol. The zero-order valence-corrected chi connectivity index (χ0v) is 16.3. The van der Waals surface area contributed by atoms with Crippen molar-refractivity contribution in [1.29, 1.82) is 0 Å². The highest BCUT2D eigenvalue weighted by molar-refractivity contribution is 5.75. The van der Waals surface area contributed by atoms with Gasteiger partial charge in [0.1, 0.15) is 17.4 Å². The van der Waals surface area contributed by atoms with Crippen LogP contribution in [-0.4, -0.2) is 13.2 Å². The molecule has 1 fully saturated rings. The van der Waals surface area contributed by atoms with E-state index in [1.165, 1.54) is 30.7 Å². The topological polar surface area (TPSA) is 35.2 Å². The summed E-state index contributed by atoms with van der Waals surface area (Å²) in [4.78, 5) is 0. The van der Waals surface area contributed by atoms with Gasteiger partial charge in [0.25, 0.3) is 0 Å². The average Bonchev–Trinajstić information content (AvgIpc) is 3.21. The zero-order chi connectivity index (χ0) is 20.2. The molecule has 0 spiro atoms. The van der Waals surface area contributed by atoms with E-state index in [-0.39, 0.29) is 11.6 Å². The predicted molar refractivity (Wildman–Crippen MR) is 113 cm³/mol. The Morgan fingerprint density at radius 3 is 1.72 bits per heavy atom. The molecule has 2 nitrogen and oxygen atoms in total. The molecule has 0 saturated heterocycles. The van der Waals surface area contributed by atoms with Gasteiger partial charge in [0.2, 0.25) is 0 Å². The van der Waals surface area contributed by atoms with Crippen LogP contribution in [0.4, 0.5) is 8.78 Å². The Hall–Kier alpha value is -2.72. The molecule has 150 valence electrons. The Morgan fingerprint density at radius 2 is 1.24 bits per heavy atom. The summed E-state index contributed by atoms with van der Waals surface area (Å²) >= 11 is 0. The molecule has 4 heteroatoms. The van der Waals surface area contributed by atoms with Gasteiger partial charge in [-0.1, -0.05) is 24.3 Å². The van der Waals surface area contributed by atoms with Crippen LogP contribution in [0.25, 0.3) is 22.3 Å². The second kappa shape index (κ2) is 8.75. The summed E-state index contributed by atoms with van der Waals surface area (Å²) in [6.07, 6.45) is 3.42. The van der Waals surface area contributed by atoms with Gasteiger partial charge in [-0.25, -0.2) is 8.78 Å². The van der Waals surface area contributed by atoms with E-state index < -0.39 is 0 Å². The first-order valence-electron chi connectivity index (χ1n) is 10.1. The second-order valence-electron chi connectivity index (χ2n) is 7.85. The maximum absolute atomic E-state index is 13.3. The third-order valence-electron chi connectivity index (χ3n) is 5.73. The van der Waals surface area contributed by atoms with E-state index in [2.05, 4.69) is 0 Å². The summed E-state index contributed by atoms with van der Waals surface area (Å²) in [6.45, 7) is 1.40. The van der Waals surface area contributed by atoms with Crippen molar-refractivity contribution in [3.8, 4) is 28.0 Å². The lowest BCUT2D eigenvalue weighted by molar-refractivity contribution is 0.248. The SMILES string of the molecule is NC[C@H]1CC[C@H](COc2cc(-c3ccc(F)cc3)cc(-c3ccc(F)cc3)c2)C1. The number of nitrogens with two attached hydrogens (primary N) is 1. The fourth-order valence-electron chi connectivity index (χ4n) is 4.06. The van der Waals surface area contributed by atoms with Gasteiger partial charge in [-0.2, -0.15) is 0 Å². The van der Waals surface area contributed by atoms with E-state index in [4.69, 9.17) is 10.5 Å². The van der Waals surface area contributed by atoms with E-state index in [0.717, 1.165) is 47.4 Å². The molecule has 1 aliphatic carbocycles. The van der Waals surface area contributed by atoms with Gasteiger partial charge >= 0.3 is 0 Å². The molecule has 1 aliphatic rings. The van der Waals surface area contributed by atoms with Crippen LogP contribution in [-0.2, 0) is 0 Å². The number of benzene rings is 3. The number of ether oxygens (including phenoxy) is 1. The molecule has 0 bridgehead atoms. The molecule has 0 unspecified atom stereocenters. The molecular formula is C25H25F2NO. The Bertz CT molecular complexity index is 890. The number of hydrogen-bond acceptors (Lipinski definition) is 2. The van der Waals surface area contributed by atoms with Gasteiger partial charge in [-0.3, -0.25) is 0 Å². The minimum Gasteiger partial charge on any atom is -0.493 e.